The minimum absolute atomic E-state index is 0.0506. The molecule has 0 radical (unpaired) electrons. The van der Waals surface area contributed by atoms with E-state index in [1.54, 1.807) is 6.07 Å². The standard InChI is InChI=1S/C13H14N2O2/c1-2-10(8-14)17-11-4-5-12-9(7-11)3-6-13(16)15-12/h4-5,7,10H,2-3,6H2,1H3,(H,15,16). The Labute approximate surface area is 100 Å². The average Bonchev–Trinajstić information content (AvgIpc) is 2.36. The molecule has 0 spiro atoms. The van der Waals surface area contributed by atoms with Crippen molar-refractivity contribution >= 4 is 11.6 Å². The molecule has 1 aromatic rings. The van der Waals surface area contributed by atoms with Crippen LogP contribution in [-0.2, 0) is 11.2 Å². The maximum atomic E-state index is 11.2. The lowest BCUT2D eigenvalue weighted by Crippen LogP contribution is -2.19. The molecule has 1 amide bonds. The second kappa shape index (κ2) is 4.88. The van der Waals surface area contributed by atoms with Crippen molar-refractivity contribution in [3.8, 4) is 11.8 Å². The monoisotopic (exact) mass is 230 g/mol. The Bertz CT molecular complexity index is 477. The zero-order valence-electron chi connectivity index (χ0n) is 9.69. The summed E-state index contributed by atoms with van der Waals surface area (Å²) in [5.41, 5.74) is 1.91. The molecule has 2 rings (SSSR count). The van der Waals surface area contributed by atoms with E-state index in [0.29, 0.717) is 18.6 Å². The molecule has 0 fully saturated rings. The number of fused-ring (bicyclic) bond motifs is 1. The molecule has 1 unspecified atom stereocenters. The van der Waals surface area contributed by atoms with Crippen LogP contribution in [0.25, 0.3) is 0 Å². The van der Waals surface area contributed by atoms with Crippen LogP contribution in [0.1, 0.15) is 25.3 Å². The lowest BCUT2D eigenvalue weighted by Gasteiger charge is -2.18. The highest BCUT2D eigenvalue weighted by atomic mass is 16.5. The Morgan fingerprint density at radius 1 is 1.53 bits per heavy atom. The van der Waals surface area contributed by atoms with Gasteiger partial charge in [0.2, 0.25) is 5.91 Å². The second-order valence-corrected chi connectivity index (χ2v) is 4.01. The number of rotatable bonds is 3. The summed E-state index contributed by atoms with van der Waals surface area (Å²) in [6, 6.07) is 7.60. The van der Waals surface area contributed by atoms with Crippen molar-refractivity contribution in [2.75, 3.05) is 5.32 Å². The number of hydrogen-bond donors (Lipinski definition) is 1. The van der Waals surface area contributed by atoms with Crippen LogP contribution in [0.2, 0.25) is 0 Å². The number of carbonyl (C=O) groups is 1. The molecule has 0 saturated carbocycles. The van der Waals surface area contributed by atoms with Crippen LogP contribution in [0.5, 0.6) is 5.75 Å². The first-order valence-electron chi connectivity index (χ1n) is 5.72. The molecule has 1 heterocycles. The summed E-state index contributed by atoms with van der Waals surface area (Å²) < 4.78 is 5.53. The molecule has 4 nitrogen and oxygen atoms in total. The molecule has 17 heavy (non-hydrogen) atoms. The molecule has 4 heteroatoms. The highest BCUT2D eigenvalue weighted by Crippen LogP contribution is 2.27. The summed E-state index contributed by atoms with van der Waals surface area (Å²) >= 11 is 0. The summed E-state index contributed by atoms with van der Waals surface area (Å²) in [5, 5.41) is 11.6. The van der Waals surface area contributed by atoms with E-state index in [-0.39, 0.29) is 5.91 Å². The highest BCUT2D eigenvalue weighted by Gasteiger charge is 2.15. The van der Waals surface area contributed by atoms with Gasteiger partial charge in [-0.05, 0) is 36.6 Å². The number of nitrogens with zero attached hydrogens (tertiary/aromatic N) is 1. The molecule has 1 aliphatic rings. The first kappa shape index (κ1) is 11.5. The Morgan fingerprint density at radius 3 is 3.06 bits per heavy atom. The fourth-order valence-corrected chi connectivity index (χ4v) is 1.80. The van der Waals surface area contributed by atoms with Crippen molar-refractivity contribution in [2.45, 2.75) is 32.3 Å². The van der Waals surface area contributed by atoms with Gasteiger partial charge in [0.15, 0.2) is 6.10 Å². The predicted molar refractivity (Wildman–Crippen MR) is 63.7 cm³/mol. The third-order valence-electron chi connectivity index (χ3n) is 2.77. The third kappa shape index (κ3) is 2.56. The van der Waals surface area contributed by atoms with E-state index in [2.05, 4.69) is 11.4 Å². The zero-order chi connectivity index (χ0) is 12.3. The maximum absolute atomic E-state index is 11.2. The average molecular weight is 230 g/mol. The highest BCUT2D eigenvalue weighted by molar-refractivity contribution is 5.93. The number of benzene rings is 1. The van der Waals surface area contributed by atoms with Crippen molar-refractivity contribution in [3.63, 3.8) is 0 Å². The van der Waals surface area contributed by atoms with Crippen LogP contribution in [0.3, 0.4) is 0 Å². The Balaban J connectivity index is 2.17. The van der Waals surface area contributed by atoms with Crippen LogP contribution in [-0.4, -0.2) is 12.0 Å². The van der Waals surface area contributed by atoms with Crippen molar-refractivity contribution in [1.29, 1.82) is 5.26 Å². The van der Waals surface area contributed by atoms with Crippen molar-refractivity contribution in [1.82, 2.24) is 0 Å². The van der Waals surface area contributed by atoms with Gasteiger partial charge in [0.1, 0.15) is 11.8 Å². The number of hydrogen-bond acceptors (Lipinski definition) is 3. The molecule has 0 saturated heterocycles. The van der Waals surface area contributed by atoms with Gasteiger partial charge < -0.3 is 10.1 Å². The van der Waals surface area contributed by atoms with E-state index in [4.69, 9.17) is 10.00 Å². The Kier molecular flexibility index (Phi) is 3.29. The SMILES string of the molecule is CCC(C#N)Oc1ccc2c(c1)CCC(=O)N2. The summed E-state index contributed by atoms with van der Waals surface area (Å²) in [7, 11) is 0. The van der Waals surface area contributed by atoms with Crippen molar-refractivity contribution < 1.29 is 9.53 Å². The third-order valence-corrected chi connectivity index (χ3v) is 2.77. The lowest BCUT2D eigenvalue weighted by atomic mass is 10.0. The molecule has 1 N–H and O–H groups in total. The molecular formula is C13H14N2O2. The summed E-state index contributed by atoms with van der Waals surface area (Å²) in [4.78, 5) is 11.2. The molecule has 1 atom stereocenters. The van der Waals surface area contributed by atoms with E-state index in [0.717, 1.165) is 17.7 Å². The van der Waals surface area contributed by atoms with Gasteiger partial charge in [-0.2, -0.15) is 5.26 Å². The minimum Gasteiger partial charge on any atom is -0.476 e. The fraction of sp³-hybridized carbons (Fsp3) is 0.385. The van der Waals surface area contributed by atoms with Crippen molar-refractivity contribution in [3.05, 3.63) is 23.8 Å². The first-order valence-corrected chi connectivity index (χ1v) is 5.72. The summed E-state index contributed by atoms with van der Waals surface area (Å²) in [5.74, 6) is 0.739. The Morgan fingerprint density at radius 2 is 2.35 bits per heavy atom. The predicted octanol–water partition coefficient (Wildman–Crippen LogP) is 2.25. The normalized spacial score (nSPS) is 15.4. The van der Waals surface area contributed by atoms with Gasteiger partial charge in [0.05, 0.1) is 0 Å². The number of nitriles is 1. The van der Waals surface area contributed by atoms with E-state index in [1.807, 2.05) is 19.1 Å². The van der Waals surface area contributed by atoms with Crippen LogP contribution in [0.4, 0.5) is 5.69 Å². The van der Waals surface area contributed by atoms with E-state index >= 15 is 0 Å². The minimum atomic E-state index is -0.411. The number of carbonyl (C=O) groups excluding carboxylic acids is 1. The van der Waals surface area contributed by atoms with Gasteiger partial charge in [-0.1, -0.05) is 6.92 Å². The molecule has 1 aliphatic heterocycles. The van der Waals surface area contributed by atoms with E-state index in [1.165, 1.54) is 0 Å². The zero-order valence-corrected chi connectivity index (χ0v) is 9.69. The van der Waals surface area contributed by atoms with Gasteiger partial charge in [0, 0.05) is 12.1 Å². The summed E-state index contributed by atoms with van der Waals surface area (Å²) in [6.45, 7) is 1.91. The number of anilines is 1. The topological polar surface area (TPSA) is 62.1 Å². The largest absolute Gasteiger partial charge is 0.476 e. The molecule has 0 aliphatic carbocycles. The van der Waals surface area contributed by atoms with Crippen LogP contribution in [0, 0.1) is 11.3 Å². The van der Waals surface area contributed by atoms with Gasteiger partial charge >= 0.3 is 0 Å². The van der Waals surface area contributed by atoms with Crippen molar-refractivity contribution in [2.24, 2.45) is 0 Å². The van der Waals surface area contributed by atoms with Crippen LogP contribution < -0.4 is 10.1 Å². The lowest BCUT2D eigenvalue weighted by molar-refractivity contribution is -0.116. The molecule has 88 valence electrons. The van der Waals surface area contributed by atoms with Gasteiger partial charge in [-0.3, -0.25) is 4.79 Å². The van der Waals surface area contributed by atoms with Gasteiger partial charge in [-0.25, -0.2) is 0 Å². The van der Waals surface area contributed by atoms with E-state index in [9.17, 15) is 4.79 Å². The molecular weight excluding hydrogens is 216 g/mol. The number of aryl methyl sites for hydroxylation is 1. The van der Waals surface area contributed by atoms with Crippen LogP contribution in [0.15, 0.2) is 18.2 Å². The maximum Gasteiger partial charge on any atom is 0.224 e. The van der Waals surface area contributed by atoms with Gasteiger partial charge in [0.25, 0.3) is 0 Å². The summed E-state index contributed by atoms with van der Waals surface area (Å²) in [6.07, 6.45) is 1.48. The first-order chi connectivity index (χ1) is 8.22. The number of ether oxygens (including phenoxy) is 1. The quantitative estimate of drug-likeness (QED) is 0.866. The molecule has 1 aromatic carbocycles. The van der Waals surface area contributed by atoms with E-state index < -0.39 is 6.10 Å². The number of nitrogens with one attached hydrogen (secondary N) is 1. The fourth-order valence-electron chi connectivity index (χ4n) is 1.80. The Hall–Kier alpha value is -2.02. The molecule has 0 bridgehead atoms. The second-order valence-electron chi connectivity index (χ2n) is 4.01. The van der Waals surface area contributed by atoms with Gasteiger partial charge in [-0.15, -0.1) is 0 Å². The smallest absolute Gasteiger partial charge is 0.224 e. The van der Waals surface area contributed by atoms with Crippen LogP contribution >= 0.6 is 0 Å². The molecule has 0 aromatic heterocycles. The number of amides is 1.